The van der Waals surface area contributed by atoms with Crippen molar-refractivity contribution in [2.24, 2.45) is 0 Å². The Morgan fingerprint density at radius 2 is 1.29 bits per heavy atom. The average Bonchev–Trinajstić information content (AvgIpc) is 3.46. The minimum Gasteiger partial charge on any atom is -0.369 e. The summed E-state index contributed by atoms with van der Waals surface area (Å²) in [6.45, 7) is 5.92. The van der Waals surface area contributed by atoms with Crippen LogP contribution >= 0.6 is 0 Å². The Morgan fingerprint density at radius 1 is 0.750 bits per heavy atom. The van der Waals surface area contributed by atoms with Crippen molar-refractivity contribution in [1.82, 2.24) is 0 Å². The van der Waals surface area contributed by atoms with Gasteiger partial charge in [-0.1, -0.05) is 37.3 Å². The van der Waals surface area contributed by atoms with Crippen LogP contribution in [0.3, 0.4) is 0 Å². The van der Waals surface area contributed by atoms with E-state index >= 15 is 0 Å². The molecule has 0 N–H and O–H groups in total. The van der Waals surface area contributed by atoms with Gasteiger partial charge in [0.25, 0.3) is 0 Å². The van der Waals surface area contributed by atoms with Crippen LogP contribution in [0.15, 0.2) is 37.0 Å². The smallest absolute Gasteiger partial charge is 0.0877 e. The van der Waals surface area contributed by atoms with Crippen LogP contribution in [-0.2, 0) is 14.2 Å². The molecular weight excluding hydrogens is 300 g/mol. The first-order valence-corrected chi connectivity index (χ1v) is 9.69. The fraction of sp³-hybridized carbons (Fsp3) is 0.714. The van der Waals surface area contributed by atoms with Crippen LogP contribution in [0, 0.1) is 0 Å². The van der Waals surface area contributed by atoms with Gasteiger partial charge < -0.3 is 14.2 Å². The number of rotatable bonds is 13. The molecule has 3 fully saturated rings. The molecule has 134 valence electrons. The third-order valence-electron chi connectivity index (χ3n) is 5.10. The summed E-state index contributed by atoms with van der Waals surface area (Å²) in [5.41, 5.74) is 0. The second-order valence-electron chi connectivity index (χ2n) is 7.15. The summed E-state index contributed by atoms with van der Waals surface area (Å²) in [4.78, 5) is 0. The highest BCUT2D eigenvalue weighted by Gasteiger charge is 2.47. The van der Waals surface area contributed by atoms with Gasteiger partial charge in [-0.25, -0.2) is 0 Å². The molecule has 0 amide bonds. The Balaban J connectivity index is 1.18. The molecule has 3 rings (SSSR count). The average molecular weight is 332 g/mol. The monoisotopic (exact) mass is 332 g/mol. The van der Waals surface area contributed by atoms with E-state index in [1.54, 1.807) is 0 Å². The molecule has 0 aliphatic carbocycles. The molecule has 0 radical (unpaired) electrons. The van der Waals surface area contributed by atoms with Gasteiger partial charge in [0.2, 0.25) is 0 Å². The highest BCUT2D eigenvalue weighted by Crippen LogP contribution is 2.38. The van der Waals surface area contributed by atoms with Crippen molar-refractivity contribution in [2.45, 2.75) is 94.9 Å². The van der Waals surface area contributed by atoms with Crippen molar-refractivity contribution in [3.05, 3.63) is 37.0 Å². The maximum Gasteiger partial charge on any atom is 0.0877 e. The summed E-state index contributed by atoms with van der Waals surface area (Å²) < 4.78 is 17.2. The summed E-state index contributed by atoms with van der Waals surface area (Å²) in [6.07, 6.45) is 22.4. The van der Waals surface area contributed by atoms with Gasteiger partial charge in [0, 0.05) is 6.42 Å². The summed E-state index contributed by atoms with van der Waals surface area (Å²) in [6, 6.07) is 0. The van der Waals surface area contributed by atoms with E-state index < -0.39 is 0 Å². The van der Waals surface area contributed by atoms with E-state index in [9.17, 15) is 0 Å². The van der Waals surface area contributed by atoms with Crippen LogP contribution in [0.2, 0.25) is 0 Å². The molecule has 3 aliphatic rings. The molecule has 0 aromatic carbocycles. The van der Waals surface area contributed by atoms with E-state index in [0.29, 0.717) is 36.6 Å². The van der Waals surface area contributed by atoms with Gasteiger partial charge in [-0.2, -0.15) is 0 Å². The van der Waals surface area contributed by atoms with E-state index in [-0.39, 0.29) is 0 Å². The second-order valence-corrected chi connectivity index (χ2v) is 7.15. The van der Waals surface area contributed by atoms with E-state index in [1.807, 2.05) is 6.08 Å². The lowest BCUT2D eigenvalue weighted by molar-refractivity contribution is 0.324. The first-order chi connectivity index (χ1) is 11.8. The number of epoxide rings is 3. The van der Waals surface area contributed by atoms with Crippen molar-refractivity contribution in [1.29, 1.82) is 0 Å². The highest BCUT2D eigenvalue weighted by atomic mass is 16.6. The summed E-state index contributed by atoms with van der Waals surface area (Å²) >= 11 is 0. The largest absolute Gasteiger partial charge is 0.369 e. The predicted octanol–water partition coefficient (Wildman–Crippen LogP) is 4.73. The lowest BCUT2D eigenvalue weighted by Crippen LogP contribution is -2.01. The maximum atomic E-state index is 5.76. The van der Waals surface area contributed by atoms with Crippen LogP contribution in [0.5, 0.6) is 0 Å². The number of unbranched alkanes of at least 4 members (excludes halogenated alkanes) is 1. The fourth-order valence-corrected chi connectivity index (χ4v) is 3.38. The van der Waals surface area contributed by atoms with Gasteiger partial charge in [0.1, 0.15) is 0 Å². The van der Waals surface area contributed by atoms with Crippen molar-refractivity contribution in [2.75, 3.05) is 0 Å². The van der Waals surface area contributed by atoms with E-state index in [1.165, 1.54) is 12.8 Å². The Bertz CT molecular complexity index is 456. The topological polar surface area (TPSA) is 37.6 Å². The van der Waals surface area contributed by atoms with Gasteiger partial charge in [-0.05, 0) is 44.9 Å². The lowest BCUT2D eigenvalue weighted by Gasteiger charge is -1.92. The Morgan fingerprint density at radius 3 is 1.88 bits per heavy atom. The lowest BCUT2D eigenvalue weighted by atomic mass is 10.1. The first kappa shape index (κ1) is 17.9. The number of ether oxygens (including phenoxy) is 3. The zero-order valence-corrected chi connectivity index (χ0v) is 14.9. The van der Waals surface area contributed by atoms with E-state index in [4.69, 9.17) is 14.2 Å². The zero-order valence-electron chi connectivity index (χ0n) is 14.9. The van der Waals surface area contributed by atoms with Crippen molar-refractivity contribution in [3.63, 3.8) is 0 Å². The highest BCUT2D eigenvalue weighted by molar-refractivity contribution is 5.01. The van der Waals surface area contributed by atoms with Crippen molar-refractivity contribution in [3.8, 4) is 0 Å². The van der Waals surface area contributed by atoms with E-state index in [0.717, 1.165) is 38.5 Å². The number of allylic oxidation sites excluding steroid dienone is 2. The van der Waals surface area contributed by atoms with Crippen LogP contribution < -0.4 is 0 Å². The minimum absolute atomic E-state index is 0.417. The molecule has 3 saturated heterocycles. The molecule has 3 aliphatic heterocycles. The van der Waals surface area contributed by atoms with Crippen molar-refractivity contribution < 1.29 is 14.2 Å². The second kappa shape index (κ2) is 8.98. The van der Waals surface area contributed by atoms with Gasteiger partial charge >= 0.3 is 0 Å². The Labute approximate surface area is 146 Å². The van der Waals surface area contributed by atoms with Crippen LogP contribution in [-0.4, -0.2) is 36.6 Å². The molecule has 3 heterocycles. The standard InChI is InChI=1S/C21H32O3/c1-3-5-7-11-16-17(22-16)13-9-10-14-19-21(24-19)15-20-18(23-20)12-8-6-4-2/h3,6,8-10,16-21H,1,4-5,7,11-15H2,2H3. The molecule has 0 spiro atoms. The molecule has 0 saturated carbocycles. The molecule has 0 aromatic rings. The SMILES string of the molecule is C=CCCCC1OC1CC=CCC1OC1CC1OC1CC=CCC. The first-order valence-electron chi connectivity index (χ1n) is 9.69. The number of hydrogen-bond donors (Lipinski definition) is 0. The fourth-order valence-electron chi connectivity index (χ4n) is 3.38. The van der Waals surface area contributed by atoms with Crippen LogP contribution in [0.1, 0.15) is 58.3 Å². The quantitative estimate of drug-likeness (QED) is 0.278. The summed E-state index contributed by atoms with van der Waals surface area (Å²) in [5, 5.41) is 0. The molecule has 0 bridgehead atoms. The van der Waals surface area contributed by atoms with Gasteiger partial charge in [-0.3, -0.25) is 0 Å². The zero-order chi connectivity index (χ0) is 16.8. The Kier molecular flexibility index (Phi) is 6.70. The molecule has 0 aromatic heterocycles. The molecule has 24 heavy (non-hydrogen) atoms. The van der Waals surface area contributed by atoms with E-state index in [2.05, 4.69) is 37.8 Å². The maximum absolute atomic E-state index is 5.76. The third kappa shape index (κ3) is 5.87. The minimum atomic E-state index is 0.417. The van der Waals surface area contributed by atoms with Crippen molar-refractivity contribution >= 4 is 0 Å². The van der Waals surface area contributed by atoms with Gasteiger partial charge in [0.15, 0.2) is 0 Å². The summed E-state index contributed by atoms with van der Waals surface area (Å²) in [7, 11) is 0. The third-order valence-corrected chi connectivity index (χ3v) is 5.10. The molecule has 6 atom stereocenters. The van der Waals surface area contributed by atoms with Gasteiger partial charge in [-0.15, -0.1) is 6.58 Å². The van der Waals surface area contributed by atoms with Crippen LogP contribution in [0.25, 0.3) is 0 Å². The normalized spacial score (nSPS) is 37.2. The molecular formula is C21H32O3. The summed E-state index contributed by atoms with van der Waals surface area (Å²) in [5.74, 6) is 0. The number of hydrogen-bond acceptors (Lipinski definition) is 3. The Hall–Kier alpha value is -0.900. The predicted molar refractivity (Wildman–Crippen MR) is 97.1 cm³/mol. The molecule has 3 nitrogen and oxygen atoms in total. The molecule has 3 heteroatoms. The van der Waals surface area contributed by atoms with Gasteiger partial charge in [0.05, 0.1) is 36.6 Å². The molecule has 6 unspecified atom stereocenters. The van der Waals surface area contributed by atoms with Crippen LogP contribution in [0.4, 0.5) is 0 Å².